The average Bonchev–Trinajstić information content (AvgIpc) is 2.61. The molecular weight excluding hydrogens is 340 g/mol. The first-order valence-electron chi connectivity index (χ1n) is 8.59. The zero-order valence-electron chi connectivity index (χ0n) is 14.2. The topological polar surface area (TPSA) is 87.0 Å². The molecule has 1 aromatic carbocycles. The molecule has 0 aromatic heterocycles. The Morgan fingerprint density at radius 2 is 1.80 bits per heavy atom. The summed E-state index contributed by atoms with van der Waals surface area (Å²) in [6.45, 7) is 0.844. The molecule has 0 aliphatic heterocycles. The lowest BCUT2D eigenvalue weighted by Gasteiger charge is -2.38. The molecule has 0 heterocycles. The van der Waals surface area contributed by atoms with Gasteiger partial charge in [-0.15, -0.1) is 4.91 Å². The fourth-order valence-electron chi connectivity index (χ4n) is 3.31. The fraction of sp³-hybridized carbons (Fsp3) is 0.556. The summed E-state index contributed by atoms with van der Waals surface area (Å²) in [7, 11) is 0. The Morgan fingerprint density at radius 1 is 1.12 bits per heavy atom. The number of hydrogen-bond acceptors (Lipinski definition) is 5. The van der Waals surface area contributed by atoms with Crippen LogP contribution in [-0.2, 0) is 16.1 Å². The summed E-state index contributed by atoms with van der Waals surface area (Å²) in [5.41, 5.74) is 0.987. The van der Waals surface area contributed by atoms with Crippen molar-refractivity contribution in [2.24, 2.45) is 4.58 Å². The number of rotatable bonds is 9. The van der Waals surface area contributed by atoms with Crippen LogP contribution in [0.15, 0.2) is 34.9 Å². The van der Waals surface area contributed by atoms with Crippen LogP contribution in [0.4, 0.5) is 0 Å². The van der Waals surface area contributed by atoms with Gasteiger partial charge in [0, 0.05) is 36.0 Å². The van der Waals surface area contributed by atoms with Gasteiger partial charge >= 0.3 is 5.97 Å². The third kappa shape index (κ3) is 6.16. The van der Waals surface area contributed by atoms with E-state index >= 15 is 0 Å². The summed E-state index contributed by atoms with van der Waals surface area (Å²) in [6, 6.07) is 9.61. The quantitative estimate of drug-likeness (QED) is 0.529. The maximum atomic E-state index is 12.6. The van der Waals surface area contributed by atoms with Crippen LogP contribution in [0.3, 0.4) is 0 Å². The number of hydrogen-bond donors (Lipinski definition) is 1. The van der Waals surface area contributed by atoms with Crippen molar-refractivity contribution in [3.05, 3.63) is 40.8 Å². The molecule has 0 atom stereocenters. The Hall–Kier alpha value is -1.89. The lowest BCUT2D eigenvalue weighted by Crippen LogP contribution is -2.44. The van der Waals surface area contributed by atoms with E-state index in [0.717, 1.165) is 49.6 Å². The molecule has 0 saturated heterocycles. The number of benzene rings is 1. The Labute approximate surface area is 152 Å². The molecule has 1 N–H and O–H groups in total. The monoisotopic (exact) mass is 364 g/mol. The number of carboxylic acids is 1. The van der Waals surface area contributed by atoms with Crippen LogP contribution in [-0.4, -0.2) is 33.2 Å². The van der Waals surface area contributed by atoms with E-state index in [0.29, 0.717) is 13.1 Å². The molecule has 136 valence electrons. The highest BCUT2D eigenvalue weighted by Crippen LogP contribution is 2.41. The summed E-state index contributed by atoms with van der Waals surface area (Å²) >= 11 is 1.04. The van der Waals surface area contributed by atoms with Crippen molar-refractivity contribution in [3.63, 3.8) is 0 Å². The van der Waals surface area contributed by atoms with Gasteiger partial charge in [0.2, 0.25) is 5.91 Å². The number of carbonyl (C=O) groups is 2. The first-order chi connectivity index (χ1) is 12.0. The second-order valence-corrected chi connectivity index (χ2v) is 7.74. The maximum Gasteiger partial charge on any atom is 0.303 e. The van der Waals surface area contributed by atoms with Crippen LogP contribution in [0.25, 0.3) is 0 Å². The van der Waals surface area contributed by atoms with Gasteiger partial charge in [0.25, 0.3) is 0 Å². The molecule has 1 saturated carbocycles. The minimum absolute atomic E-state index is 0.0303. The van der Waals surface area contributed by atoms with Crippen LogP contribution >= 0.6 is 11.9 Å². The number of carboxylic acid groups (broad SMARTS) is 1. The second-order valence-electron chi connectivity index (χ2n) is 6.54. The number of nitrogens with zero attached hydrogens (tertiary/aromatic N) is 2. The molecule has 7 heteroatoms. The van der Waals surface area contributed by atoms with Gasteiger partial charge in [0.1, 0.15) is 0 Å². The molecule has 0 spiro atoms. The van der Waals surface area contributed by atoms with E-state index < -0.39 is 5.97 Å². The first kappa shape index (κ1) is 19.4. The van der Waals surface area contributed by atoms with Gasteiger partial charge in [0.05, 0.1) is 11.2 Å². The minimum atomic E-state index is -0.982. The van der Waals surface area contributed by atoms with E-state index in [4.69, 9.17) is 5.11 Å². The van der Waals surface area contributed by atoms with Gasteiger partial charge in [-0.25, -0.2) is 0 Å². The van der Waals surface area contributed by atoms with Crippen molar-refractivity contribution in [1.29, 1.82) is 0 Å². The Morgan fingerprint density at radius 3 is 2.40 bits per heavy atom. The van der Waals surface area contributed by atoms with Crippen molar-refractivity contribution in [1.82, 2.24) is 4.90 Å². The third-order valence-corrected chi connectivity index (χ3v) is 5.60. The molecule has 2 rings (SSSR count). The summed E-state index contributed by atoms with van der Waals surface area (Å²) in [4.78, 5) is 36.1. The zero-order chi connectivity index (χ0) is 18.1. The maximum absolute atomic E-state index is 12.6. The smallest absolute Gasteiger partial charge is 0.303 e. The van der Waals surface area contributed by atoms with Crippen molar-refractivity contribution in [2.75, 3.05) is 6.54 Å². The van der Waals surface area contributed by atoms with Crippen LogP contribution < -0.4 is 0 Å². The molecule has 1 amide bonds. The van der Waals surface area contributed by atoms with Crippen LogP contribution in [0, 0.1) is 4.91 Å². The van der Waals surface area contributed by atoms with Crippen molar-refractivity contribution in [2.45, 2.75) is 56.2 Å². The largest absolute Gasteiger partial charge is 0.481 e. The third-order valence-electron chi connectivity index (χ3n) is 4.60. The molecule has 1 aromatic rings. The fourth-order valence-corrected chi connectivity index (χ4v) is 4.15. The van der Waals surface area contributed by atoms with Gasteiger partial charge in [-0.2, -0.15) is 0 Å². The van der Waals surface area contributed by atoms with Gasteiger partial charge in [0.15, 0.2) is 0 Å². The average molecular weight is 364 g/mol. The molecule has 1 aliphatic rings. The number of amides is 1. The van der Waals surface area contributed by atoms with E-state index in [-0.39, 0.29) is 23.5 Å². The summed E-state index contributed by atoms with van der Waals surface area (Å²) < 4.78 is 2.71. The molecule has 1 fully saturated rings. The predicted molar refractivity (Wildman–Crippen MR) is 97.9 cm³/mol. The van der Waals surface area contributed by atoms with E-state index in [1.165, 1.54) is 0 Å². The molecule has 0 unspecified atom stereocenters. The molecule has 0 bridgehead atoms. The second kappa shape index (κ2) is 9.56. The highest BCUT2D eigenvalue weighted by atomic mass is 32.2. The van der Waals surface area contributed by atoms with Crippen molar-refractivity contribution in [3.8, 4) is 0 Å². The van der Waals surface area contributed by atoms with E-state index in [2.05, 4.69) is 4.58 Å². The van der Waals surface area contributed by atoms with Gasteiger partial charge in [-0.3, -0.25) is 9.59 Å². The highest BCUT2D eigenvalue weighted by Gasteiger charge is 2.37. The summed E-state index contributed by atoms with van der Waals surface area (Å²) in [5.74, 6) is -1.17. The molecule has 25 heavy (non-hydrogen) atoms. The Bertz CT molecular complexity index is 588. The standard InChI is InChI=1S/C18H24N2O4S/c21-16(9-10-17(22)23)20(13-15-7-3-1-4-8-15)14-18(25-19-24)11-5-2-6-12-18/h1,3-4,7-8H,2,5-6,9-14H2,(H,22,23). The van der Waals surface area contributed by atoms with Crippen molar-refractivity contribution < 1.29 is 14.7 Å². The van der Waals surface area contributed by atoms with Crippen molar-refractivity contribution >= 4 is 23.8 Å². The van der Waals surface area contributed by atoms with Crippen LogP contribution in [0.2, 0.25) is 0 Å². The van der Waals surface area contributed by atoms with Gasteiger partial charge in [-0.05, 0) is 18.4 Å². The lowest BCUT2D eigenvalue weighted by atomic mass is 9.87. The Kier molecular flexibility index (Phi) is 7.43. The van der Waals surface area contributed by atoms with E-state index in [1.54, 1.807) is 4.90 Å². The summed E-state index contributed by atoms with van der Waals surface area (Å²) in [5, 5.41) is 8.86. The van der Waals surface area contributed by atoms with Crippen LogP contribution in [0.1, 0.15) is 50.5 Å². The molecule has 6 nitrogen and oxygen atoms in total. The Balaban J connectivity index is 2.15. The zero-order valence-corrected chi connectivity index (χ0v) is 15.0. The highest BCUT2D eigenvalue weighted by molar-refractivity contribution is 7.99. The summed E-state index contributed by atoms with van der Waals surface area (Å²) in [6.07, 6.45) is 4.65. The predicted octanol–water partition coefficient (Wildman–Crippen LogP) is 4.00. The first-order valence-corrected chi connectivity index (χ1v) is 9.36. The SMILES string of the molecule is O=NSC1(CN(Cc2ccccc2)C(=O)CCC(=O)O)CCCCC1. The number of carbonyl (C=O) groups excluding carboxylic acids is 1. The normalized spacial score (nSPS) is 16.2. The minimum Gasteiger partial charge on any atom is -0.481 e. The number of aliphatic carboxylic acids is 1. The van der Waals surface area contributed by atoms with Gasteiger partial charge < -0.3 is 10.0 Å². The van der Waals surface area contributed by atoms with Crippen LogP contribution in [0.5, 0.6) is 0 Å². The number of nitroso groups, excluding NO2 is 1. The molecular formula is C18H24N2O4S. The van der Waals surface area contributed by atoms with Gasteiger partial charge in [-0.1, -0.05) is 49.6 Å². The van der Waals surface area contributed by atoms with E-state index in [1.807, 2.05) is 30.3 Å². The molecule has 1 aliphatic carbocycles. The lowest BCUT2D eigenvalue weighted by molar-refractivity contribution is -0.141. The van der Waals surface area contributed by atoms with E-state index in [9.17, 15) is 14.5 Å². The molecule has 0 radical (unpaired) electrons.